The molecular formula is C48H36F2N2S2. The lowest BCUT2D eigenvalue weighted by molar-refractivity contribution is 0.444. The number of hydrogen-bond acceptors (Lipinski definition) is 4. The molecule has 1 aliphatic carbocycles. The molecule has 2 heterocycles. The Labute approximate surface area is 323 Å². The molecule has 0 N–H and O–H groups in total. The van der Waals surface area contributed by atoms with Crippen LogP contribution in [0.3, 0.4) is 0 Å². The Kier molecular flexibility index (Phi) is 8.53. The second-order valence-electron chi connectivity index (χ2n) is 14.2. The van der Waals surface area contributed by atoms with Gasteiger partial charge >= 0.3 is 0 Å². The predicted octanol–water partition coefficient (Wildman–Crippen LogP) is 15.2. The summed E-state index contributed by atoms with van der Waals surface area (Å²) in [6.07, 6.45) is 5.48. The van der Waals surface area contributed by atoms with Gasteiger partial charge in [-0.1, -0.05) is 116 Å². The first-order valence-corrected chi connectivity index (χ1v) is 20.3. The Morgan fingerprint density at radius 1 is 0.426 bits per heavy atom. The van der Waals surface area contributed by atoms with Crippen LogP contribution in [0.25, 0.3) is 22.3 Å². The maximum absolute atomic E-state index is 15.5. The van der Waals surface area contributed by atoms with Gasteiger partial charge in [-0.3, -0.25) is 0 Å². The van der Waals surface area contributed by atoms with Crippen LogP contribution in [0.1, 0.15) is 43.6 Å². The van der Waals surface area contributed by atoms with Crippen LogP contribution in [0.4, 0.5) is 42.9 Å². The van der Waals surface area contributed by atoms with Crippen molar-refractivity contribution in [2.24, 2.45) is 0 Å². The van der Waals surface area contributed by atoms with Crippen LogP contribution >= 0.6 is 23.5 Å². The Morgan fingerprint density at radius 2 is 0.815 bits per heavy atom. The molecule has 7 aromatic carbocycles. The van der Waals surface area contributed by atoms with Crippen molar-refractivity contribution in [3.8, 4) is 22.3 Å². The first kappa shape index (κ1) is 33.3. The lowest BCUT2D eigenvalue weighted by Crippen LogP contribution is -2.24. The fourth-order valence-corrected chi connectivity index (χ4v) is 10.7. The lowest BCUT2D eigenvalue weighted by atomic mass is 9.78. The van der Waals surface area contributed by atoms with E-state index in [4.69, 9.17) is 0 Å². The van der Waals surface area contributed by atoms with Gasteiger partial charge in [0.2, 0.25) is 0 Å². The fraction of sp³-hybridized carbons (Fsp3) is 0.125. The normalized spacial score (nSPS) is 14.9. The van der Waals surface area contributed by atoms with Crippen LogP contribution in [-0.2, 0) is 0 Å². The van der Waals surface area contributed by atoms with E-state index in [-0.39, 0.29) is 17.6 Å². The zero-order valence-electron chi connectivity index (χ0n) is 29.5. The average molecular weight is 743 g/mol. The van der Waals surface area contributed by atoms with Gasteiger partial charge in [-0.2, -0.15) is 0 Å². The Balaban J connectivity index is 1.42. The summed E-state index contributed by atoms with van der Waals surface area (Å²) in [5.74, 6) is -0.396. The number of fused-ring (bicyclic) bond motifs is 4. The first-order chi connectivity index (χ1) is 26.6. The second-order valence-corrected chi connectivity index (χ2v) is 16.4. The maximum Gasteiger partial charge on any atom is 0.123 e. The SMILES string of the molecule is Fc1cccc(-c2cc(-c3cccc(F)c3)c(N3c4ccccc4Sc4ccccc43)c(C3CCCCC3)c2N2c3ccccc3Sc3ccccc32)c1. The highest BCUT2D eigenvalue weighted by molar-refractivity contribution is 8.00. The van der Waals surface area contributed by atoms with Gasteiger partial charge in [0.25, 0.3) is 0 Å². The van der Waals surface area contributed by atoms with Crippen molar-refractivity contribution in [2.75, 3.05) is 9.80 Å². The highest BCUT2D eigenvalue weighted by atomic mass is 32.2. The first-order valence-electron chi connectivity index (χ1n) is 18.7. The number of nitrogens with zero attached hydrogens (tertiary/aromatic N) is 2. The summed E-state index contributed by atoms with van der Waals surface area (Å²) in [6, 6.07) is 50.6. The molecule has 0 amide bonds. The van der Waals surface area contributed by atoms with Gasteiger partial charge in [0.15, 0.2) is 0 Å². The van der Waals surface area contributed by atoms with Gasteiger partial charge in [0.1, 0.15) is 11.6 Å². The topological polar surface area (TPSA) is 6.48 Å². The minimum Gasteiger partial charge on any atom is -0.307 e. The zero-order chi connectivity index (χ0) is 36.2. The highest BCUT2D eigenvalue weighted by Crippen LogP contribution is 2.62. The standard InChI is InChI=1S/C48H36F2N2S2/c49-34-18-12-16-32(28-34)36-30-37(33-17-13-19-35(50)29-33)48(52-40-22-6-10-26-44(40)54-45-27-11-7-23-41(45)52)46(31-14-2-1-3-15-31)47(36)51-38-20-4-8-24-42(38)53-43-25-9-5-21-39(43)51/h4-13,16-31H,1-3,14-15H2. The van der Waals surface area contributed by atoms with Gasteiger partial charge in [0.05, 0.1) is 34.1 Å². The fourth-order valence-electron chi connectivity index (χ4n) is 8.59. The van der Waals surface area contributed by atoms with Crippen molar-refractivity contribution in [1.29, 1.82) is 0 Å². The van der Waals surface area contributed by atoms with E-state index in [1.54, 1.807) is 47.8 Å². The molecule has 0 unspecified atom stereocenters. The molecule has 1 saturated carbocycles. The molecule has 0 saturated heterocycles. The third-order valence-corrected chi connectivity index (χ3v) is 13.2. The van der Waals surface area contributed by atoms with E-state index in [2.05, 4.69) is 113 Å². The Morgan fingerprint density at radius 3 is 1.20 bits per heavy atom. The van der Waals surface area contributed by atoms with Gasteiger partial charge in [-0.25, -0.2) is 8.78 Å². The third-order valence-electron chi connectivity index (χ3n) is 10.9. The van der Waals surface area contributed by atoms with E-state index in [0.29, 0.717) is 0 Å². The Hall–Kier alpha value is -5.30. The number of para-hydroxylation sites is 4. The number of hydrogen-bond donors (Lipinski definition) is 0. The number of halogens is 2. The van der Waals surface area contributed by atoms with Crippen molar-refractivity contribution < 1.29 is 8.78 Å². The summed E-state index contributed by atoms with van der Waals surface area (Å²) in [6.45, 7) is 0. The maximum atomic E-state index is 15.5. The van der Waals surface area contributed by atoms with Gasteiger partial charge in [-0.15, -0.1) is 0 Å². The predicted molar refractivity (Wildman–Crippen MR) is 221 cm³/mol. The monoisotopic (exact) mass is 742 g/mol. The van der Waals surface area contributed by atoms with Gasteiger partial charge in [-0.05, 0) is 109 Å². The van der Waals surface area contributed by atoms with Crippen LogP contribution in [0.5, 0.6) is 0 Å². The molecule has 0 bridgehead atoms. The smallest absolute Gasteiger partial charge is 0.123 e. The number of anilines is 6. The highest BCUT2D eigenvalue weighted by Gasteiger charge is 2.38. The molecule has 3 aliphatic rings. The quantitative estimate of drug-likeness (QED) is 0.173. The summed E-state index contributed by atoms with van der Waals surface area (Å²) < 4.78 is 30.9. The molecule has 6 heteroatoms. The summed E-state index contributed by atoms with van der Waals surface area (Å²) in [7, 11) is 0. The van der Waals surface area contributed by atoms with E-state index < -0.39 is 0 Å². The average Bonchev–Trinajstić information content (AvgIpc) is 3.21. The minimum atomic E-state index is -0.292. The van der Waals surface area contributed by atoms with Crippen molar-refractivity contribution in [2.45, 2.75) is 57.6 Å². The van der Waals surface area contributed by atoms with Crippen LogP contribution in [0, 0.1) is 11.6 Å². The van der Waals surface area contributed by atoms with Gasteiger partial charge < -0.3 is 9.80 Å². The minimum absolute atomic E-state index is 0.187. The molecule has 264 valence electrons. The van der Waals surface area contributed by atoms with Crippen LogP contribution in [-0.4, -0.2) is 0 Å². The van der Waals surface area contributed by atoms with E-state index in [1.165, 1.54) is 24.1 Å². The summed E-state index contributed by atoms with van der Waals surface area (Å²) in [5, 5.41) is 0. The molecule has 0 aromatic heterocycles. The van der Waals surface area contributed by atoms with Crippen molar-refractivity contribution in [3.63, 3.8) is 0 Å². The molecule has 2 nitrogen and oxygen atoms in total. The van der Waals surface area contributed by atoms with Crippen LogP contribution < -0.4 is 9.80 Å². The van der Waals surface area contributed by atoms with Gasteiger partial charge in [0, 0.05) is 36.3 Å². The molecule has 7 aromatic rings. The third kappa shape index (κ3) is 5.71. The molecule has 0 atom stereocenters. The zero-order valence-corrected chi connectivity index (χ0v) is 31.1. The van der Waals surface area contributed by atoms with E-state index >= 15 is 8.78 Å². The lowest BCUT2D eigenvalue weighted by Gasteiger charge is -2.42. The second kappa shape index (κ2) is 13.8. The van der Waals surface area contributed by atoms with Crippen molar-refractivity contribution in [1.82, 2.24) is 0 Å². The number of rotatable bonds is 5. The number of benzene rings is 7. The molecule has 2 aliphatic heterocycles. The van der Waals surface area contributed by atoms with Crippen molar-refractivity contribution >= 4 is 57.6 Å². The molecule has 0 radical (unpaired) electrons. The van der Waals surface area contributed by atoms with E-state index in [1.807, 2.05) is 12.1 Å². The summed E-state index contributed by atoms with van der Waals surface area (Å²) in [5.41, 5.74) is 11.1. The summed E-state index contributed by atoms with van der Waals surface area (Å²) >= 11 is 3.57. The molecule has 54 heavy (non-hydrogen) atoms. The molecule has 1 fully saturated rings. The Bertz CT molecular complexity index is 2300. The molecule has 10 rings (SSSR count). The van der Waals surface area contributed by atoms with Crippen molar-refractivity contribution in [3.05, 3.63) is 169 Å². The van der Waals surface area contributed by atoms with Crippen LogP contribution in [0.2, 0.25) is 0 Å². The molecule has 0 spiro atoms. The van der Waals surface area contributed by atoms with E-state index in [9.17, 15) is 0 Å². The van der Waals surface area contributed by atoms with E-state index in [0.717, 1.165) is 102 Å². The largest absolute Gasteiger partial charge is 0.307 e. The molecular weight excluding hydrogens is 707 g/mol. The summed E-state index contributed by atoms with van der Waals surface area (Å²) in [4.78, 5) is 9.55. The van der Waals surface area contributed by atoms with Crippen LogP contribution in [0.15, 0.2) is 171 Å².